The number of guanidine groups is 1. The fraction of sp³-hybridized carbons (Fsp3) is 0.750. The lowest BCUT2D eigenvalue weighted by Crippen LogP contribution is -2.41. The lowest BCUT2D eigenvalue weighted by atomic mass is 9.97. The summed E-state index contributed by atoms with van der Waals surface area (Å²) in [6.45, 7) is 3.06. The Labute approximate surface area is 115 Å². The molecule has 1 aliphatic carbocycles. The van der Waals surface area contributed by atoms with Gasteiger partial charge in [0.2, 0.25) is 0 Å². The maximum absolute atomic E-state index is 4.39. The second kappa shape index (κ2) is 7.92. The Balaban J connectivity index is 0.00000128. The van der Waals surface area contributed by atoms with Crippen molar-refractivity contribution >= 4 is 29.9 Å². The van der Waals surface area contributed by atoms with Gasteiger partial charge in [-0.2, -0.15) is 0 Å². The summed E-state index contributed by atoms with van der Waals surface area (Å²) in [6, 6.07) is 0. The minimum absolute atomic E-state index is 0. The summed E-state index contributed by atoms with van der Waals surface area (Å²) >= 11 is 0. The van der Waals surface area contributed by atoms with Gasteiger partial charge in [0.1, 0.15) is 0 Å². The van der Waals surface area contributed by atoms with Crippen molar-refractivity contribution in [2.75, 3.05) is 19.6 Å². The van der Waals surface area contributed by atoms with Gasteiger partial charge in [0, 0.05) is 19.6 Å². The second-order valence-electron chi connectivity index (χ2n) is 4.30. The van der Waals surface area contributed by atoms with Crippen molar-refractivity contribution in [1.82, 2.24) is 10.6 Å². The molecule has 0 aromatic rings. The fourth-order valence-electron chi connectivity index (χ4n) is 2.12. The zero-order chi connectivity index (χ0) is 10.3. The molecule has 0 bridgehead atoms. The topological polar surface area (TPSA) is 36.4 Å². The van der Waals surface area contributed by atoms with Crippen LogP contribution >= 0.6 is 24.0 Å². The molecule has 1 aliphatic heterocycles. The van der Waals surface area contributed by atoms with Crippen LogP contribution < -0.4 is 10.6 Å². The van der Waals surface area contributed by atoms with Gasteiger partial charge >= 0.3 is 0 Å². The number of hydrogen-bond acceptors (Lipinski definition) is 3. The van der Waals surface area contributed by atoms with Gasteiger partial charge in [0.05, 0.1) is 0 Å². The van der Waals surface area contributed by atoms with Crippen molar-refractivity contribution in [2.24, 2.45) is 4.99 Å². The molecule has 2 N–H and O–H groups in total. The highest BCUT2D eigenvalue weighted by atomic mass is 127. The molecule has 2 rings (SSSR count). The van der Waals surface area contributed by atoms with Crippen LogP contribution in [0.4, 0.5) is 0 Å². The highest BCUT2D eigenvalue weighted by Gasteiger charge is 2.05. The standard InChI is InChI=1S/C12H21N3.HI/c1-2-5-11(6-3-1)7-10-15-12-13-8-4-9-14-12;/h5H,1-4,6-10H2,(H2,13,14,15);1H. The van der Waals surface area contributed by atoms with Crippen molar-refractivity contribution in [1.29, 1.82) is 0 Å². The maximum Gasteiger partial charge on any atom is 0.191 e. The molecule has 92 valence electrons. The van der Waals surface area contributed by atoms with E-state index in [2.05, 4.69) is 21.7 Å². The summed E-state index contributed by atoms with van der Waals surface area (Å²) in [5.74, 6) is 0.998. The molecule has 16 heavy (non-hydrogen) atoms. The Morgan fingerprint density at radius 2 is 2.25 bits per heavy atom. The van der Waals surface area contributed by atoms with Gasteiger partial charge in [-0.1, -0.05) is 11.6 Å². The van der Waals surface area contributed by atoms with Gasteiger partial charge in [-0.15, -0.1) is 24.0 Å². The molecule has 0 spiro atoms. The first-order valence-corrected chi connectivity index (χ1v) is 6.15. The molecule has 0 saturated carbocycles. The molecule has 1 heterocycles. The van der Waals surface area contributed by atoms with E-state index in [1.807, 2.05) is 0 Å². The van der Waals surface area contributed by atoms with Crippen molar-refractivity contribution < 1.29 is 0 Å². The van der Waals surface area contributed by atoms with E-state index in [1.54, 1.807) is 5.57 Å². The highest BCUT2D eigenvalue weighted by Crippen LogP contribution is 2.19. The summed E-state index contributed by atoms with van der Waals surface area (Å²) in [4.78, 5) is 4.39. The number of nitrogens with one attached hydrogen (secondary N) is 2. The van der Waals surface area contributed by atoms with Gasteiger partial charge in [0.25, 0.3) is 0 Å². The summed E-state index contributed by atoms with van der Waals surface area (Å²) in [6.07, 6.45) is 10.1. The Bertz CT molecular complexity index is 235. The van der Waals surface area contributed by atoms with Crippen LogP contribution in [0.15, 0.2) is 16.6 Å². The Hall–Kier alpha value is -0.260. The van der Waals surface area contributed by atoms with Gasteiger partial charge in [-0.25, -0.2) is 0 Å². The second-order valence-corrected chi connectivity index (χ2v) is 4.30. The molecule has 0 aromatic heterocycles. The van der Waals surface area contributed by atoms with E-state index < -0.39 is 0 Å². The van der Waals surface area contributed by atoms with E-state index >= 15 is 0 Å². The monoisotopic (exact) mass is 335 g/mol. The van der Waals surface area contributed by atoms with Crippen molar-refractivity contribution in [3.05, 3.63) is 11.6 Å². The lowest BCUT2D eigenvalue weighted by Gasteiger charge is -2.17. The maximum atomic E-state index is 4.39. The smallest absolute Gasteiger partial charge is 0.191 e. The molecule has 0 radical (unpaired) electrons. The molecular weight excluding hydrogens is 313 g/mol. The van der Waals surface area contributed by atoms with Crippen molar-refractivity contribution in [3.63, 3.8) is 0 Å². The first-order chi connectivity index (χ1) is 7.45. The molecular formula is C12H22IN3. The lowest BCUT2D eigenvalue weighted by molar-refractivity contribution is 0.657. The molecule has 4 heteroatoms. The average Bonchev–Trinajstić information content (AvgIpc) is 2.32. The van der Waals surface area contributed by atoms with Crippen LogP contribution in [-0.4, -0.2) is 25.6 Å². The van der Waals surface area contributed by atoms with Crippen LogP contribution in [0, 0.1) is 0 Å². The highest BCUT2D eigenvalue weighted by molar-refractivity contribution is 14.0. The zero-order valence-electron chi connectivity index (χ0n) is 9.80. The van der Waals surface area contributed by atoms with Crippen LogP contribution in [0.25, 0.3) is 0 Å². The van der Waals surface area contributed by atoms with E-state index in [4.69, 9.17) is 0 Å². The van der Waals surface area contributed by atoms with E-state index in [-0.39, 0.29) is 24.0 Å². The number of hydrogen-bond donors (Lipinski definition) is 2. The third-order valence-electron chi connectivity index (χ3n) is 3.02. The molecule has 0 saturated heterocycles. The number of rotatable bonds is 3. The van der Waals surface area contributed by atoms with Crippen LogP contribution in [0.3, 0.4) is 0 Å². The summed E-state index contributed by atoms with van der Waals surface area (Å²) in [5.41, 5.74) is 1.63. The SMILES string of the molecule is C1=C(CCNC2=NCCCN2)CCCC1.I. The normalized spacial score (nSPS) is 20.0. The van der Waals surface area contributed by atoms with E-state index in [0.717, 1.165) is 32.0 Å². The van der Waals surface area contributed by atoms with Crippen LogP contribution in [0.5, 0.6) is 0 Å². The van der Waals surface area contributed by atoms with Crippen LogP contribution in [0.2, 0.25) is 0 Å². The molecule has 0 amide bonds. The molecule has 2 aliphatic rings. The quantitative estimate of drug-likeness (QED) is 0.614. The predicted octanol–water partition coefficient (Wildman–Crippen LogP) is 2.43. The Morgan fingerprint density at radius 3 is 2.94 bits per heavy atom. The minimum Gasteiger partial charge on any atom is -0.356 e. The minimum atomic E-state index is 0. The van der Waals surface area contributed by atoms with Crippen molar-refractivity contribution in [3.8, 4) is 0 Å². The molecule has 0 unspecified atom stereocenters. The summed E-state index contributed by atoms with van der Waals surface area (Å²) < 4.78 is 0. The molecule has 0 fully saturated rings. The van der Waals surface area contributed by atoms with Crippen LogP contribution in [0.1, 0.15) is 38.5 Å². The summed E-state index contributed by atoms with van der Waals surface area (Å²) in [5, 5.41) is 6.64. The zero-order valence-corrected chi connectivity index (χ0v) is 12.1. The Kier molecular flexibility index (Phi) is 6.84. The third-order valence-corrected chi connectivity index (χ3v) is 3.02. The number of allylic oxidation sites excluding steroid dienone is 1. The molecule has 3 nitrogen and oxygen atoms in total. The largest absolute Gasteiger partial charge is 0.356 e. The molecule has 0 aromatic carbocycles. The van der Waals surface area contributed by atoms with Crippen LogP contribution in [-0.2, 0) is 0 Å². The first-order valence-electron chi connectivity index (χ1n) is 6.15. The van der Waals surface area contributed by atoms with E-state index in [1.165, 1.54) is 32.1 Å². The van der Waals surface area contributed by atoms with Gasteiger partial charge in [0.15, 0.2) is 5.96 Å². The number of aliphatic imine (C=N–C) groups is 1. The fourth-order valence-corrected chi connectivity index (χ4v) is 2.12. The Morgan fingerprint density at radius 1 is 1.31 bits per heavy atom. The summed E-state index contributed by atoms with van der Waals surface area (Å²) in [7, 11) is 0. The first kappa shape index (κ1) is 13.8. The average molecular weight is 335 g/mol. The number of nitrogens with zero attached hydrogens (tertiary/aromatic N) is 1. The van der Waals surface area contributed by atoms with E-state index in [0.29, 0.717) is 0 Å². The van der Waals surface area contributed by atoms with Gasteiger partial charge in [-0.3, -0.25) is 4.99 Å². The van der Waals surface area contributed by atoms with E-state index in [9.17, 15) is 0 Å². The van der Waals surface area contributed by atoms with Gasteiger partial charge in [-0.05, 0) is 38.5 Å². The van der Waals surface area contributed by atoms with Crippen molar-refractivity contribution in [2.45, 2.75) is 38.5 Å². The number of halogens is 1. The molecule has 0 atom stereocenters. The van der Waals surface area contributed by atoms with Gasteiger partial charge < -0.3 is 10.6 Å². The predicted molar refractivity (Wildman–Crippen MR) is 79.5 cm³/mol. The third kappa shape index (κ3) is 4.72.